The summed E-state index contributed by atoms with van der Waals surface area (Å²) in [5.41, 5.74) is 0.430. The zero-order valence-electron chi connectivity index (χ0n) is 15.1. The van der Waals surface area contributed by atoms with E-state index >= 15 is 0 Å². The first kappa shape index (κ1) is 15.8. The van der Waals surface area contributed by atoms with Gasteiger partial charge >= 0.3 is 0 Å². The predicted octanol–water partition coefficient (Wildman–Crippen LogP) is 4.80. The summed E-state index contributed by atoms with van der Waals surface area (Å²) in [4.78, 5) is 25.0. The van der Waals surface area contributed by atoms with Gasteiger partial charge in [-0.15, -0.1) is 0 Å². The summed E-state index contributed by atoms with van der Waals surface area (Å²) in [7, 11) is 0. The molecule has 7 atom stereocenters. The lowest BCUT2D eigenvalue weighted by molar-refractivity contribution is -0.142. The Morgan fingerprint density at radius 2 is 1.78 bits per heavy atom. The largest absolute Gasteiger partial charge is 0.300 e. The van der Waals surface area contributed by atoms with Gasteiger partial charge in [-0.3, -0.25) is 9.59 Å². The third-order valence-electron chi connectivity index (χ3n) is 8.83. The summed E-state index contributed by atoms with van der Waals surface area (Å²) in [6, 6.07) is 0. The van der Waals surface area contributed by atoms with Gasteiger partial charge < -0.3 is 0 Å². The molecule has 4 fully saturated rings. The third-order valence-corrected chi connectivity index (χ3v) is 8.83. The molecule has 0 bridgehead atoms. The Kier molecular flexibility index (Phi) is 3.56. The van der Waals surface area contributed by atoms with Gasteiger partial charge in [0.15, 0.2) is 0 Å². The molecule has 0 aromatic rings. The fourth-order valence-corrected chi connectivity index (χ4v) is 7.70. The molecule has 0 radical (unpaired) electrons. The average molecular weight is 316 g/mol. The molecular formula is C21H32O2. The molecule has 0 N–H and O–H groups in total. The molecule has 0 aromatic carbocycles. The molecule has 2 heteroatoms. The number of carbonyl (C=O) groups is 2. The van der Waals surface area contributed by atoms with Gasteiger partial charge in [0.25, 0.3) is 0 Å². The maximum atomic E-state index is 12.9. The van der Waals surface area contributed by atoms with Crippen LogP contribution in [0.2, 0.25) is 0 Å². The Balaban J connectivity index is 1.69. The molecule has 4 rings (SSSR count). The SMILES string of the molecule is CC(=O)[C@H]1CC(=O)[C@H]2[C@@H]3CCC4CCCC[C@]4(C)[C@H]3CC[C@]12C. The summed E-state index contributed by atoms with van der Waals surface area (Å²) in [5.74, 6) is 3.02. The van der Waals surface area contributed by atoms with E-state index in [2.05, 4.69) is 13.8 Å². The van der Waals surface area contributed by atoms with Crippen LogP contribution >= 0.6 is 0 Å². The van der Waals surface area contributed by atoms with E-state index in [0.29, 0.717) is 23.5 Å². The number of hydrogen-bond acceptors (Lipinski definition) is 2. The van der Waals surface area contributed by atoms with E-state index in [-0.39, 0.29) is 23.0 Å². The van der Waals surface area contributed by atoms with Gasteiger partial charge in [-0.2, -0.15) is 0 Å². The minimum absolute atomic E-state index is 0.00200. The quantitative estimate of drug-likeness (QED) is 0.696. The Morgan fingerprint density at radius 3 is 2.52 bits per heavy atom. The average Bonchev–Trinajstić information content (AvgIpc) is 2.78. The number of Topliss-reactive ketones (excluding diaryl/α,β-unsaturated/α-hetero) is 2. The van der Waals surface area contributed by atoms with Crippen molar-refractivity contribution in [2.24, 2.45) is 40.4 Å². The van der Waals surface area contributed by atoms with Crippen molar-refractivity contribution in [1.29, 1.82) is 0 Å². The van der Waals surface area contributed by atoms with Crippen LogP contribution in [0.3, 0.4) is 0 Å². The Hall–Kier alpha value is -0.660. The minimum Gasteiger partial charge on any atom is -0.300 e. The number of ketones is 2. The van der Waals surface area contributed by atoms with Gasteiger partial charge in [0, 0.05) is 18.3 Å². The topological polar surface area (TPSA) is 34.1 Å². The van der Waals surface area contributed by atoms with Crippen LogP contribution in [0.15, 0.2) is 0 Å². The van der Waals surface area contributed by atoms with Gasteiger partial charge in [0.05, 0.1) is 0 Å². The number of rotatable bonds is 1. The normalized spacial score (nSPS) is 52.5. The molecule has 128 valence electrons. The van der Waals surface area contributed by atoms with Crippen LogP contribution in [0.1, 0.15) is 78.6 Å². The first-order valence-corrected chi connectivity index (χ1v) is 9.91. The Labute approximate surface area is 140 Å². The van der Waals surface area contributed by atoms with Crippen molar-refractivity contribution in [2.45, 2.75) is 78.6 Å². The van der Waals surface area contributed by atoms with Gasteiger partial charge in [-0.05, 0) is 74.0 Å². The Morgan fingerprint density at radius 1 is 1.00 bits per heavy atom. The highest BCUT2D eigenvalue weighted by Crippen LogP contribution is 2.66. The van der Waals surface area contributed by atoms with E-state index in [1.165, 1.54) is 44.9 Å². The van der Waals surface area contributed by atoms with E-state index < -0.39 is 0 Å². The molecule has 0 spiro atoms. The van der Waals surface area contributed by atoms with Gasteiger partial charge in [-0.1, -0.05) is 26.7 Å². The number of fused-ring (bicyclic) bond motifs is 5. The summed E-state index contributed by atoms with van der Waals surface area (Å²) in [5, 5.41) is 0. The van der Waals surface area contributed by atoms with Crippen molar-refractivity contribution in [1.82, 2.24) is 0 Å². The molecule has 0 saturated heterocycles. The van der Waals surface area contributed by atoms with E-state index in [4.69, 9.17) is 0 Å². The van der Waals surface area contributed by atoms with Crippen LogP contribution in [0, 0.1) is 40.4 Å². The molecule has 0 heterocycles. The summed E-state index contributed by atoms with van der Waals surface area (Å²) >= 11 is 0. The van der Waals surface area contributed by atoms with E-state index in [0.717, 1.165) is 18.3 Å². The first-order chi connectivity index (χ1) is 10.9. The van der Waals surface area contributed by atoms with Crippen molar-refractivity contribution in [3.8, 4) is 0 Å². The zero-order valence-corrected chi connectivity index (χ0v) is 15.1. The summed E-state index contributed by atoms with van der Waals surface area (Å²) in [6.07, 6.45) is 11.0. The summed E-state index contributed by atoms with van der Waals surface area (Å²) < 4.78 is 0. The lowest BCUT2D eigenvalue weighted by Gasteiger charge is -2.59. The number of carbonyl (C=O) groups excluding carboxylic acids is 2. The number of hydrogen-bond donors (Lipinski definition) is 0. The van der Waals surface area contributed by atoms with Gasteiger partial charge in [0.2, 0.25) is 0 Å². The maximum absolute atomic E-state index is 12.9. The molecule has 23 heavy (non-hydrogen) atoms. The molecule has 0 aromatic heterocycles. The lowest BCUT2D eigenvalue weighted by Crippen LogP contribution is -2.54. The van der Waals surface area contributed by atoms with Crippen LogP contribution < -0.4 is 0 Å². The predicted molar refractivity (Wildman–Crippen MR) is 90.9 cm³/mol. The fourth-order valence-electron chi connectivity index (χ4n) is 7.70. The first-order valence-electron chi connectivity index (χ1n) is 9.91. The van der Waals surface area contributed by atoms with Gasteiger partial charge in [-0.25, -0.2) is 0 Å². The van der Waals surface area contributed by atoms with Crippen molar-refractivity contribution in [3.63, 3.8) is 0 Å². The van der Waals surface area contributed by atoms with Crippen molar-refractivity contribution in [2.75, 3.05) is 0 Å². The van der Waals surface area contributed by atoms with Crippen molar-refractivity contribution < 1.29 is 9.59 Å². The molecule has 4 aliphatic rings. The van der Waals surface area contributed by atoms with Crippen LogP contribution in [-0.2, 0) is 9.59 Å². The second kappa shape index (κ2) is 5.17. The van der Waals surface area contributed by atoms with Crippen LogP contribution in [0.4, 0.5) is 0 Å². The molecule has 0 amide bonds. The summed E-state index contributed by atoms with van der Waals surface area (Å²) in [6.45, 7) is 6.51. The van der Waals surface area contributed by atoms with E-state index in [1.54, 1.807) is 6.92 Å². The van der Waals surface area contributed by atoms with Crippen LogP contribution in [0.25, 0.3) is 0 Å². The zero-order chi connectivity index (χ0) is 16.4. The highest BCUT2D eigenvalue weighted by molar-refractivity contribution is 5.93. The Bertz CT molecular complexity index is 538. The van der Waals surface area contributed by atoms with Crippen LogP contribution in [0.5, 0.6) is 0 Å². The fraction of sp³-hybridized carbons (Fsp3) is 0.905. The molecule has 1 unspecified atom stereocenters. The molecule has 4 aliphatic carbocycles. The third kappa shape index (κ3) is 2.05. The highest BCUT2D eigenvalue weighted by Gasteiger charge is 2.63. The second-order valence-corrected chi connectivity index (χ2v) is 9.65. The molecule has 2 nitrogen and oxygen atoms in total. The lowest BCUT2D eigenvalue weighted by atomic mass is 9.44. The standard InChI is InChI=1S/C21H32O2/c1-13(22)17-12-18(23)19-15-8-7-14-6-4-5-10-20(14,2)16(15)9-11-21(17,19)3/h14-17,19H,4-12H2,1-3H3/t14?,15-,16+,17-,19-,20+,21-/m1/s1. The van der Waals surface area contributed by atoms with Crippen LogP contribution in [-0.4, -0.2) is 11.6 Å². The van der Waals surface area contributed by atoms with Gasteiger partial charge in [0.1, 0.15) is 11.6 Å². The minimum atomic E-state index is -0.0397. The van der Waals surface area contributed by atoms with E-state index in [1.807, 2.05) is 0 Å². The van der Waals surface area contributed by atoms with E-state index in [9.17, 15) is 9.59 Å². The monoisotopic (exact) mass is 316 g/mol. The smallest absolute Gasteiger partial charge is 0.137 e. The maximum Gasteiger partial charge on any atom is 0.137 e. The molecular weight excluding hydrogens is 284 g/mol. The highest BCUT2D eigenvalue weighted by atomic mass is 16.1. The van der Waals surface area contributed by atoms with Crippen molar-refractivity contribution >= 4 is 11.6 Å². The second-order valence-electron chi connectivity index (χ2n) is 9.65. The molecule has 0 aliphatic heterocycles. The van der Waals surface area contributed by atoms with Crippen molar-refractivity contribution in [3.05, 3.63) is 0 Å². The molecule has 4 saturated carbocycles.